The lowest BCUT2D eigenvalue weighted by Crippen LogP contribution is -2.40. The molecule has 0 radical (unpaired) electrons. The number of halogens is 1. The van der Waals surface area contributed by atoms with Crippen molar-refractivity contribution in [1.29, 1.82) is 0 Å². The first-order valence-electron chi connectivity index (χ1n) is 8.46. The van der Waals surface area contributed by atoms with Gasteiger partial charge < -0.3 is 15.7 Å². The maximum Gasteiger partial charge on any atom is 0.191 e. The molecule has 6 heteroatoms. The SMILES string of the molecule is CCNC(=NCC(C)(O)c1cccs1)NC1CC1c1ccccc1.I. The number of hydrogen-bond donors (Lipinski definition) is 3. The maximum atomic E-state index is 10.6. The van der Waals surface area contributed by atoms with Crippen molar-refractivity contribution in [2.75, 3.05) is 13.1 Å². The highest BCUT2D eigenvalue weighted by Crippen LogP contribution is 2.40. The number of benzene rings is 1. The zero-order valence-corrected chi connectivity index (χ0v) is 17.8. The summed E-state index contributed by atoms with van der Waals surface area (Å²) in [6.07, 6.45) is 1.12. The van der Waals surface area contributed by atoms with Gasteiger partial charge in [0.05, 0.1) is 6.54 Å². The molecule has 0 aliphatic heterocycles. The third-order valence-electron chi connectivity index (χ3n) is 4.28. The largest absolute Gasteiger partial charge is 0.383 e. The molecule has 0 saturated heterocycles. The fourth-order valence-electron chi connectivity index (χ4n) is 2.81. The number of aliphatic imine (C=N–C) groups is 1. The molecule has 4 nitrogen and oxygen atoms in total. The normalized spacial score (nSPS) is 21.8. The van der Waals surface area contributed by atoms with Crippen molar-refractivity contribution in [2.24, 2.45) is 4.99 Å². The monoisotopic (exact) mass is 471 g/mol. The summed E-state index contributed by atoms with van der Waals surface area (Å²) in [6.45, 7) is 5.01. The number of nitrogens with one attached hydrogen (secondary N) is 2. The fraction of sp³-hybridized carbons (Fsp3) is 0.421. The topological polar surface area (TPSA) is 56.7 Å². The van der Waals surface area contributed by atoms with Gasteiger partial charge in [-0.2, -0.15) is 0 Å². The van der Waals surface area contributed by atoms with Crippen LogP contribution in [-0.4, -0.2) is 30.2 Å². The summed E-state index contributed by atoms with van der Waals surface area (Å²) < 4.78 is 0. The molecular weight excluding hydrogens is 445 g/mol. The summed E-state index contributed by atoms with van der Waals surface area (Å²) >= 11 is 1.56. The highest BCUT2D eigenvalue weighted by atomic mass is 127. The Labute approximate surface area is 170 Å². The van der Waals surface area contributed by atoms with E-state index in [4.69, 9.17) is 0 Å². The zero-order chi connectivity index (χ0) is 17.0. The Hall–Kier alpha value is -1.12. The second-order valence-electron chi connectivity index (χ2n) is 6.45. The predicted octanol–water partition coefficient (Wildman–Crippen LogP) is 3.68. The molecule has 2 aromatic rings. The summed E-state index contributed by atoms with van der Waals surface area (Å²) in [5.74, 6) is 1.32. The number of rotatable bonds is 6. The Balaban J connectivity index is 0.00000225. The van der Waals surface area contributed by atoms with Crippen LogP contribution in [0.2, 0.25) is 0 Å². The summed E-state index contributed by atoms with van der Waals surface area (Å²) in [6, 6.07) is 14.9. The van der Waals surface area contributed by atoms with Crippen molar-refractivity contribution in [2.45, 2.75) is 37.8 Å². The van der Waals surface area contributed by atoms with E-state index in [1.807, 2.05) is 30.5 Å². The average molecular weight is 471 g/mol. The van der Waals surface area contributed by atoms with Crippen LogP contribution in [0.5, 0.6) is 0 Å². The molecule has 1 aliphatic carbocycles. The Bertz CT molecular complexity index is 673. The second kappa shape index (κ2) is 9.00. The van der Waals surface area contributed by atoms with Gasteiger partial charge in [-0.25, -0.2) is 4.99 Å². The van der Waals surface area contributed by atoms with Crippen molar-refractivity contribution < 1.29 is 5.11 Å². The van der Waals surface area contributed by atoms with Crippen LogP contribution < -0.4 is 10.6 Å². The maximum absolute atomic E-state index is 10.6. The van der Waals surface area contributed by atoms with Gasteiger partial charge in [0, 0.05) is 23.4 Å². The van der Waals surface area contributed by atoms with Gasteiger partial charge in [-0.15, -0.1) is 35.3 Å². The number of hydrogen-bond acceptors (Lipinski definition) is 3. The van der Waals surface area contributed by atoms with Gasteiger partial charge in [-0.1, -0.05) is 36.4 Å². The molecule has 1 aliphatic rings. The van der Waals surface area contributed by atoms with Crippen LogP contribution in [0, 0.1) is 0 Å². The van der Waals surface area contributed by atoms with E-state index in [1.54, 1.807) is 11.3 Å². The standard InChI is InChI=1S/C19H25N3OS.HI/c1-3-20-18(21-13-19(2,23)17-10-7-11-24-17)22-16-12-15(16)14-8-5-4-6-9-14;/h4-11,15-16,23H,3,12-13H2,1-2H3,(H2,20,21,22);1H. The number of thiophene rings is 1. The summed E-state index contributed by atoms with van der Waals surface area (Å²) in [5.41, 5.74) is 0.440. The minimum Gasteiger partial charge on any atom is -0.383 e. The first kappa shape index (κ1) is 20.2. The van der Waals surface area contributed by atoms with Gasteiger partial charge in [0.1, 0.15) is 5.60 Å². The van der Waals surface area contributed by atoms with Crippen molar-refractivity contribution >= 4 is 41.3 Å². The number of guanidine groups is 1. The molecule has 25 heavy (non-hydrogen) atoms. The summed E-state index contributed by atoms with van der Waals surface area (Å²) in [7, 11) is 0. The van der Waals surface area contributed by atoms with Gasteiger partial charge in [-0.05, 0) is 37.3 Å². The van der Waals surface area contributed by atoms with E-state index < -0.39 is 5.60 Å². The molecule has 1 fully saturated rings. The van der Waals surface area contributed by atoms with Gasteiger partial charge in [0.15, 0.2) is 5.96 Å². The fourth-order valence-corrected chi connectivity index (χ4v) is 3.59. The van der Waals surface area contributed by atoms with Crippen LogP contribution >= 0.6 is 35.3 Å². The van der Waals surface area contributed by atoms with Crippen LogP contribution in [0.15, 0.2) is 52.8 Å². The lowest BCUT2D eigenvalue weighted by Gasteiger charge is -2.20. The van der Waals surface area contributed by atoms with Crippen LogP contribution in [0.25, 0.3) is 0 Å². The molecule has 3 rings (SSSR count). The lowest BCUT2D eigenvalue weighted by molar-refractivity contribution is 0.0711. The van der Waals surface area contributed by atoms with Crippen LogP contribution in [0.3, 0.4) is 0 Å². The molecule has 3 N–H and O–H groups in total. The average Bonchev–Trinajstić information content (AvgIpc) is 3.11. The molecular formula is C19H26IN3OS. The van der Waals surface area contributed by atoms with E-state index in [0.717, 1.165) is 23.8 Å². The molecule has 0 spiro atoms. The second-order valence-corrected chi connectivity index (χ2v) is 7.40. The summed E-state index contributed by atoms with van der Waals surface area (Å²) in [5, 5.41) is 19.4. The molecule has 1 aromatic heterocycles. The third-order valence-corrected chi connectivity index (χ3v) is 5.40. The van der Waals surface area contributed by atoms with Crippen molar-refractivity contribution in [3.8, 4) is 0 Å². The Morgan fingerprint density at radius 2 is 2.04 bits per heavy atom. The predicted molar refractivity (Wildman–Crippen MR) is 116 cm³/mol. The van der Waals surface area contributed by atoms with E-state index in [1.165, 1.54) is 5.56 Å². The third kappa shape index (κ3) is 5.43. The van der Waals surface area contributed by atoms with Crippen molar-refractivity contribution in [1.82, 2.24) is 10.6 Å². The minimum atomic E-state index is -0.932. The first-order chi connectivity index (χ1) is 11.6. The molecule has 0 amide bonds. The Morgan fingerprint density at radius 3 is 2.68 bits per heavy atom. The number of aliphatic hydroxyl groups is 1. The highest BCUT2D eigenvalue weighted by Gasteiger charge is 2.39. The smallest absolute Gasteiger partial charge is 0.191 e. The molecule has 136 valence electrons. The van der Waals surface area contributed by atoms with Crippen LogP contribution in [0.1, 0.15) is 36.6 Å². The van der Waals surface area contributed by atoms with Gasteiger partial charge in [-0.3, -0.25) is 0 Å². The van der Waals surface area contributed by atoms with Gasteiger partial charge >= 0.3 is 0 Å². The van der Waals surface area contributed by atoms with Crippen molar-refractivity contribution in [3.63, 3.8) is 0 Å². The number of nitrogens with zero attached hydrogens (tertiary/aromatic N) is 1. The quantitative estimate of drug-likeness (QED) is 0.342. The van der Waals surface area contributed by atoms with E-state index in [-0.39, 0.29) is 24.0 Å². The van der Waals surface area contributed by atoms with Crippen LogP contribution in [-0.2, 0) is 5.60 Å². The lowest BCUT2D eigenvalue weighted by atomic mass is 10.1. The van der Waals surface area contributed by atoms with E-state index in [9.17, 15) is 5.11 Å². The Morgan fingerprint density at radius 1 is 1.28 bits per heavy atom. The molecule has 1 aromatic carbocycles. The van der Waals surface area contributed by atoms with Crippen molar-refractivity contribution in [3.05, 3.63) is 58.3 Å². The molecule has 0 bridgehead atoms. The zero-order valence-electron chi connectivity index (χ0n) is 14.6. The first-order valence-corrected chi connectivity index (χ1v) is 9.34. The highest BCUT2D eigenvalue weighted by molar-refractivity contribution is 14.0. The molecule has 3 unspecified atom stereocenters. The van der Waals surface area contributed by atoms with E-state index in [0.29, 0.717) is 18.5 Å². The summed E-state index contributed by atoms with van der Waals surface area (Å²) in [4.78, 5) is 5.54. The van der Waals surface area contributed by atoms with E-state index >= 15 is 0 Å². The van der Waals surface area contributed by atoms with Gasteiger partial charge in [0.25, 0.3) is 0 Å². The Kier molecular flexibility index (Phi) is 7.27. The molecule has 1 saturated carbocycles. The molecule has 3 atom stereocenters. The van der Waals surface area contributed by atoms with E-state index in [2.05, 4.69) is 46.8 Å². The molecule has 1 heterocycles. The van der Waals surface area contributed by atoms with Gasteiger partial charge in [0.2, 0.25) is 0 Å². The van der Waals surface area contributed by atoms with Crippen LogP contribution in [0.4, 0.5) is 0 Å². The minimum absolute atomic E-state index is 0.